The van der Waals surface area contributed by atoms with Crippen LogP contribution in [-0.4, -0.2) is 47.0 Å². The highest BCUT2D eigenvalue weighted by atomic mass is 32.2. The zero-order valence-corrected chi connectivity index (χ0v) is 16.9. The summed E-state index contributed by atoms with van der Waals surface area (Å²) in [7, 11) is 2.46. The molecule has 4 nitrogen and oxygen atoms in total. The van der Waals surface area contributed by atoms with Gasteiger partial charge < -0.3 is 9.56 Å². The third-order valence-electron chi connectivity index (χ3n) is 3.66. The van der Waals surface area contributed by atoms with Crippen molar-refractivity contribution < 1.29 is 30.9 Å². The van der Waals surface area contributed by atoms with Crippen molar-refractivity contribution in [2.24, 2.45) is 5.10 Å². The van der Waals surface area contributed by atoms with Gasteiger partial charge in [-0.1, -0.05) is 12.1 Å². The molecule has 2 atom stereocenters. The first-order valence-corrected chi connectivity index (χ1v) is 9.31. The van der Waals surface area contributed by atoms with E-state index in [0.29, 0.717) is 0 Å². The lowest BCUT2D eigenvalue weighted by molar-refractivity contribution is -0.0631. The number of nitrogens with zero attached hydrogens (tertiary/aromatic N) is 2. The van der Waals surface area contributed by atoms with Gasteiger partial charge in [-0.2, -0.15) is 18.3 Å². The summed E-state index contributed by atoms with van der Waals surface area (Å²) in [6.45, 7) is 2.91. The van der Waals surface area contributed by atoms with Gasteiger partial charge in [-0.15, -0.1) is 4.72 Å². The van der Waals surface area contributed by atoms with E-state index in [4.69, 9.17) is 0 Å². The van der Waals surface area contributed by atoms with E-state index in [1.54, 1.807) is 0 Å². The lowest BCUT2D eigenvalue weighted by Gasteiger charge is -2.36. The molecular formula is C17H23F6N3OS. The molecule has 0 spiro atoms. The molecule has 1 rings (SSSR count). The van der Waals surface area contributed by atoms with E-state index >= 15 is 0 Å². The van der Waals surface area contributed by atoms with E-state index in [-0.39, 0.29) is 0 Å². The number of alkyl halides is 4. The Morgan fingerprint density at radius 2 is 1.75 bits per heavy atom. The minimum Gasteiger partial charge on any atom is -0.598 e. The molecule has 1 N–H and O–H groups in total. The van der Waals surface area contributed by atoms with Crippen LogP contribution in [0.2, 0.25) is 0 Å². The maximum atomic E-state index is 14.4. The van der Waals surface area contributed by atoms with Crippen molar-refractivity contribution in [1.82, 2.24) is 9.73 Å². The number of hydrogen-bond donors (Lipinski definition) is 1. The second kappa shape index (κ2) is 8.91. The fraction of sp³-hybridized carbons (Fsp3) is 0.588. The molecule has 0 aliphatic heterocycles. The van der Waals surface area contributed by atoms with Crippen molar-refractivity contribution in [2.75, 3.05) is 20.8 Å². The van der Waals surface area contributed by atoms with Crippen LogP contribution < -0.4 is 4.72 Å². The second-order valence-electron chi connectivity index (χ2n) is 7.37. The predicted octanol–water partition coefficient (Wildman–Crippen LogP) is 4.05. The lowest BCUT2D eigenvalue weighted by atomic mass is 9.86. The summed E-state index contributed by atoms with van der Waals surface area (Å²) in [6.07, 6.45) is -6.17. The summed E-state index contributed by atoms with van der Waals surface area (Å²) in [5, 5.41) is 4.19. The fourth-order valence-electron chi connectivity index (χ4n) is 2.26. The molecule has 0 amide bonds. The average Bonchev–Trinajstić information content (AvgIpc) is 2.53. The molecule has 0 heterocycles. The molecule has 1 aromatic carbocycles. The van der Waals surface area contributed by atoms with E-state index in [1.807, 2.05) is 0 Å². The molecule has 0 saturated heterocycles. The van der Waals surface area contributed by atoms with Gasteiger partial charge >= 0.3 is 6.18 Å². The van der Waals surface area contributed by atoms with Crippen molar-refractivity contribution >= 4 is 17.1 Å². The normalized spacial score (nSPS) is 16.6. The van der Waals surface area contributed by atoms with Crippen molar-refractivity contribution in [2.45, 2.75) is 43.7 Å². The molecule has 0 bridgehead atoms. The van der Waals surface area contributed by atoms with Gasteiger partial charge in [0.2, 0.25) is 0 Å². The van der Waals surface area contributed by atoms with Crippen LogP contribution in [0.25, 0.3) is 0 Å². The SMILES string of the molecule is CN(C)N=C(CC(CF)(N[S@+]([O-])C(C)(C)C)c1cccc(F)c1F)C(F)(F)F. The molecule has 0 saturated carbocycles. The molecule has 28 heavy (non-hydrogen) atoms. The van der Waals surface area contributed by atoms with Crippen LogP contribution in [-0.2, 0) is 16.9 Å². The van der Waals surface area contributed by atoms with E-state index in [1.165, 1.54) is 34.9 Å². The highest BCUT2D eigenvalue weighted by Crippen LogP contribution is 2.35. The van der Waals surface area contributed by atoms with E-state index < -0.39 is 63.8 Å². The molecule has 1 aromatic rings. The minimum absolute atomic E-state index is 0.705. The van der Waals surface area contributed by atoms with Crippen molar-refractivity contribution in [1.29, 1.82) is 0 Å². The standard InChI is InChI=1S/C17H23F6N3OS/c1-15(2,3)28(27)25-16(10-18,11-7-6-8-12(19)14(11)20)9-13(17(21,22)23)24-26(4)5/h6-8,25H,9-10H2,1-5H3/t16?,28-/m1/s1. The van der Waals surface area contributed by atoms with Gasteiger partial charge in [0.05, 0.1) is 0 Å². The number of nitrogens with one attached hydrogen (secondary N) is 1. The van der Waals surface area contributed by atoms with E-state index in [2.05, 4.69) is 9.82 Å². The topological polar surface area (TPSA) is 50.7 Å². The smallest absolute Gasteiger partial charge is 0.431 e. The maximum Gasteiger partial charge on any atom is 0.431 e. The van der Waals surface area contributed by atoms with Crippen LogP contribution in [0.15, 0.2) is 23.3 Å². The third kappa shape index (κ3) is 6.02. The molecule has 0 fully saturated rings. The monoisotopic (exact) mass is 431 g/mol. The Labute approximate surface area is 163 Å². The van der Waals surface area contributed by atoms with Crippen LogP contribution in [0.5, 0.6) is 0 Å². The maximum absolute atomic E-state index is 14.4. The Hall–Kier alpha value is -1.46. The molecule has 0 aliphatic rings. The zero-order chi connectivity index (χ0) is 21.9. The van der Waals surface area contributed by atoms with Gasteiger partial charge in [-0.05, 0) is 26.8 Å². The largest absolute Gasteiger partial charge is 0.598 e. The van der Waals surface area contributed by atoms with Crippen molar-refractivity contribution in [3.63, 3.8) is 0 Å². The summed E-state index contributed by atoms with van der Waals surface area (Å²) < 4.78 is 96.6. The quantitative estimate of drug-likeness (QED) is 0.307. The molecular weight excluding hydrogens is 408 g/mol. The fourth-order valence-corrected chi connectivity index (χ4v) is 3.15. The highest BCUT2D eigenvalue weighted by Gasteiger charge is 2.49. The number of hydrogen-bond acceptors (Lipinski definition) is 4. The first kappa shape index (κ1) is 24.6. The molecule has 11 heteroatoms. The Morgan fingerprint density at radius 3 is 2.18 bits per heavy atom. The summed E-state index contributed by atoms with van der Waals surface area (Å²) >= 11 is -2.09. The first-order chi connectivity index (χ1) is 12.6. The number of halogens is 6. The average molecular weight is 431 g/mol. The minimum atomic E-state index is -4.97. The van der Waals surface area contributed by atoms with Crippen LogP contribution in [0.1, 0.15) is 32.8 Å². The van der Waals surface area contributed by atoms with Gasteiger partial charge in [0.1, 0.15) is 22.7 Å². The summed E-state index contributed by atoms with van der Waals surface area (Å²) in [4.78, 5) is 0. The summed E-state index contributed by atoms with van der Waals surface area (Å²) in [6, 6.07) is 2.74. The van der Waals surface area contributed by atoms with Crippen LogP contribution >= 0.6 is 0 Å². The molecule has 0 aromatic heterocycles. The van der Waals surface area contributed by atoms with Crippen LogP contribution in [0.3, 0.4) is 0 Å². The van der Waals surface area contributed by atoms with Gasteiger partial charge in [0.25, 0.3) is 0 Å². The Kier molecular flexibility index (Phi) is 7.82. The third-order valence-corrected chi connectivity index (χ3v) is 5.35. The van der Waals surface area contributed by atoms with E-state index in [0.717, 1.165) is 23.2 Å². The van der Waals surface area contributed by atoms with Crippen molar-refractivity contribution in [3.8, 4) is 0 Å². The molecule has 0 radical (unpaired) electrons. The van der Waals surface area contributed by atoms with E-state index in [9.17, 15) is 30.9 Å². The van der Waals surface area contributed by atoms with Gasteiger partial charge in [-0.25, -0.2) is 13.2 Å². The first-order valence-electron chi connectivity index (χ1n) is 8.16. The highest BCUT2D eigenvalue weighted by molar-refractivity contribution is 7.90. The van der Waals surface area contributed by atoms with Crippen LogP contribution in [0.4, 0.5) is 26.3 Å². The lowest BCUT2D eigenvalue weighted by Crippen LogP contribution is -2.55. The Bertz CT molecular complexity index is 705. The number of hydrazone groups is 1. The molecule has 160 valence electrons. The van der Waals surface area contributed by atoms with Crippen molar-refractivity contribution in [3.05, 3.63) is 35.4 Å². The predicted molar refractivity (Wildman–Crippen MR) is 96.8 cm³/mol. The zero-order valence-electron chi connectivity index (χ0n) is 16.1. The molecule has 0 aliphatic carbocycles. The van der Waals surface area contributed by atoms with Gasteiger partial charge in [0.15, 0.2) is 11.6 Å². The Morgan fingerprint density at radius 1 is 1.18 bits per heavy atom. The van der Waals surface area contributed by atoms with Gasteiger partial charge in [0, 0.05) is 37.4 Å². The second-order valence-corrected chi connectivity index (χ2v) is 9.34. The number of rotatable bonds is 7. The van der Waals surface area contributed by atoms with Crippen LogP contribution in [0, 0.1) is 11.6 Å². The number of benzene rings is 1. The summed E-state index contributed by atoms with van der Waals surface area (Å²) in [5.74, 6) is -2.89. The summed E-state index contributed by atoms with van der Waals surface area (Å²) in [5.41, 5.74) is -4.59. The Balaban J connectivity index is 3.64. The molecule has 1 unspecified atom stereocenters. The van der Waals surface area contributed by atoms with Gasteiger partial charge in [-0.3, -0.25) is 0 Å².